The van der Waals surface area contributed by atoms with Gasteiger partial charge < -0.3 is 15.3 Å². The van der Waals surface area contributed by atoms with Crippen LogP contribution in [0.4, 0.5) is 5.95 Å². The van der Waals surface area contributed by atoms with E-state index in [1.807, 2.05) is 21.0 Å². The van der Waals surface area contributed by atoms with Crippen molar-refractivity contribution in [2.24, 2.45) is 0 Å². The van der Waals surface area contributed by atoms with E-state index in [9.17, 15) is 4.79 Å². The van der Waals surface area contributed by atoms with E-state index in [1.54, 1.807) is 0 Å². The molecular weight excluding hydrogens is 220 g/mol. The SMILES string of the molecule is CC(CCN(C)C)Nc1nccc(C(=O)O)n1. The number of hydrogen-bond donors (Lipinski definition) is 2. The lowest BCUT2D eigenvalue weighted by Crippen LogP contribution is -2.24. The summed E-state index contributed by atoms with van der Waals surface area (Å²) in [6.45, 7) is 2.97. The zero-order valence-corrected chi connectivity index (χ0v) is 10.3. The van der Waals surface area contributed by atoms with Gasteiger partial charge in [0.1, 0.15) is 0 Å². The Hall–Kier alpha value is -1.69. The zero-order chi connectivity index (χ0) is 12.8. The number of nitrogens with zero attached hydrogens (tertiary/aromatic N) is 3. The summed E-state index contributed by atoms with van der Waals surface area (Å²) in [6, 6.07) is 1.57. The summed E-state index contributed by atoms with van der Waals surface area (Å²) in [4.78, 5) is 20.7. The minimum absolute atomic E-state index is 0.00214. The molecule has 6 heteroatoms. The largest absolute Gasteiger partial charge is 0.477 e. The summed E-state index contributed by atoms with van der Waals surface area (Å²) in [7, 11) is 4.02. The first-order valence-corrected chi connectivity index (χ1v) is 5.46. The van der Waals surface area contributed by atoms with Gasteiger partial charge in [-0.05, 0) is 40.1 Å². The van der Waals surface area contributed by atoms with Crippen LogP contribution in [-0.4, -0.2) is 52.6 Å². The van der Waals surface area contributed by atoms with Crippen LogP contribution >= 0.6 is 0 Å². The van der Waals surface area contributed by atoms with E-state index in [-0.39, 0.29) is 11.7 Å². The van der Waals surface area contributed by atoms with Crippen molar-refractivity contribution < 1.29 is 9.90 Å². The molecule has 1 unspecified atom stereocenters. The second-order valence-corrected chi connectivity index (χ2v) is 4.21. The molecule has 0 saturated carbocycles. The van der Waals surface area contributed by atoms with Crippen molar-refractivity contribution in [3.8, 4) is 0 Å². The minimum Gasteiger partial charge on any atom is -0.477 e. The fourth-order valence-corrected chi connectivity index (χ4v) is 1.29. The van der Waals surface area contributed by atoms with E-state index in [1.165, 1.54) is 12.3 Å². The van der Waals surface area contributed by atoms with Crippen molar-refractivity contribution in [1.82, 2.24) is 14.9 Å². The lowest BCUT2D eigenvalue weighted by molar-refractivity contribution is 0.0690. The van der Waals surface area contributed by atoms with Crippen LogP contribution in [0.5, 0.6) is 0 Å². The van der Waals surface area contributed by atoms with Crippen molar-refractivity contribution in [2.45, 2.75) is 19.4 Å². The van der Waals surface area contributed by atoms with Crippen LogP contribution in [0, 0.1) is 0 Å². The highest BCUT2D eigenvalue weighted by Crippen LogP contribution is 2.04. The van der Waals surface area contributed by atoms with E-state index in [0.29, 0.717) is 5.95 Å². The van der Waals surface area contributed by atoms with Crippen molar-refractivity contribution in [3.05, 3.63) is 18.0 Å². The highest BCUT2D eigenvalue weighted by Gasteiger charge is 2.08. The average Bonchev–Trinajstić information content (AvgIpc) is 2.26. The molecule has 0 saturated heterocycles. The predicted octanol–water partition coefficient (Wildman–Crippen LogP) is 0.927. The normalized spacial score (nSPS) is 12.5. The van der Waals surface area contributed by atoms with Crippen molar-refractivity contribution >= 4 is 11.9 Å². The molecule has 0 aliphatic heterocycles. The number of aromatic carboxylic acids is 1. The zero-order valence-electron chi connectivity index (χ0n) is 10.3. The number of aromatic nitrogens is 2. The number of carboxylic acid groups (broad SMARTS) is 1. The van der Waals surface area contributed by atoms with Gasteiger partial charge in [0.05, 0.1) is 0 Å². The molecular formula is C11H18N4O2. The van der Waals surface area contributed by atoms with Gasteiger partial charge in [0.25, 0.3) is 0 Å². The molecule has 2 N–H and O–H groups in total. The number of rotatable bonds is 6. The molecule has 0 amide bonds. The standard InChI is InChI=1S/C11H18N4O2/c1-8(5-7-15(2)3)13-11-12-6-4-9(14-11)10(16)17/h4,6,8H,5,7H2,1-3H3,(H,16,17)(H,12,13,14). The molecule has 0 radical (unpaired) electrons. The predicted molar refractivity (Wildman–Crippen MR) is 65.2 cm³/mol. The Morgan fingerprint density at radius 1 is 1.59 bits per heavy atom. The van der Waals surface area contributed by atoms with E-state index in [2.05, 4.69) is 20.2 Å². The smallest absolute Gasteiger partial charge is 0.354 e. The maximum atomic E-state index is 10.7. The van der Waals surface area contributed by atoms with Gasteiger partial charge in [-0.15, -0.1) is 0 Å². The van der Waals surface area contributed by atoms with Crippen LogP contribution in [0.15, 0.2) is 12.3 Å². The van der Waals surface area contributed by atoms with Crippen molar-refractivity contribution in [1.29, 1.82) is 0 Å². The summed E-state index contributed by atoms with van der Waals surface area (Å²) in [5.41, 5.74) is 0.00214. The molecule has 0 spiro atoms. The molecule has 17 heavy (non-hydrogen) atoms. The monoisotopic (exact) mass is 238 g/mol. The second kappa shape index (κ2) is 6.15. The quantitative estimate of drug-likeness (QED) is 0.767. The fourth-order valence-electron chi connectivity index (χ4n) is 1.29. The fraction of sp³-hybridized carbons (Fsp3) is 0.545. The maximum Gasteiger partial charge on any atom is 0.354 e. The van der Waals surface area contributed by atoms with Gasteiger partial charge in [0, 0.05) is 12.2 Å². The van der Waals surface area contributed by atoms with Crippen LogP contribution in [0.1, 0.15) is 23.8 Å². The van der Waals surface area contributed by atoms with Crippen LogP contribution < -0.4 is 5.32 Å². The Kier molecular flexibility index (Phi) is 4.84. The Morgan fingerprint density at radius 2 is 2.29 bits per heavy atom. The molecule has 0 aromatic carbocycles. The van der Waals surface area contributed by atoms with Crippen molar-refractivity contribution in [3.63, 3.8) is 0 Å². The third kappa shape index (κ3) is 4.78. The van der Waals surface area contributed by atoms with E-state index in [0.717, 1.165) is 13.0 Å². The number of carbonyl (C=O) groups is 1. The molecule has 0 aliphatic rings. The first-order chi connectivity index (χ1) is 7.99. The molecule has 1 atom stereocenters. The second-order valence-electron chi connectivity index (χ2n) is 4.21. The molecule has 94 valence electrons. The van der Waals surface area contributed by atoms with Gasteiger partial charge in [0.2, 0.25) is 5.95 Å². The van der Waals surface area contributed by atoms with Crippen LogP contribution in [0.3, 0.4) is 0 Å². The van der Waals surface area contributed by atoms with E-state index < -0.39 is 5.97 Å². The number of carboxylic acids is 1. The Labute approximate surface area is 101 Å². The maximum absolute atomic E-state index is 10.7. The summed E-state index contributed by atoms with van der Waals surface area (Å²) in [6.07, 6.45) is 2.38. The molecule has 1 rings (SSSR count). The van der Waals surface area contributed by atoms with Gasteiger partial charge in [-0.1, -0.05) is 0 Å². The first-order valence-electron chi connectivity index (χ1n) is 5.46. The topological polar surface area (TPSA) is 78.4 Å². The highest BCUT2D eigenvalue weighted by molar-refractivity contribution is 5.85. The molecule has 0 aliphatic carbocycles. The Bertz CT molecular complexity index is 381. The Balaban J connectivity index is 2.56. The summed E-state index contributed by atoms with van der Waals surface area (Å²) in [5.74, 6) is -0.687. The number of nitrogens with one attached hydrogen (secondary N) is 1. The number of anilines is 1. The Morgan fingerprint density at radius 3 is 2.88 bits per heavy atom. The van der Waals surface area contributed by atoms with Gasteiger partial charge in [-0.25, -0.2) is 14.8 Å². The van der Waals surface area contributed by atoms with Gasteiger partial charge >= 0.3 is 5.97 Å². The lowest BCUT2D eigenvalue weighted by atomic mass is 10.2. The summed E-state index contributed by atoms with van der Waals surface area (Å²) < 4.78 is 0. The molecule has 0 fully saturated rings. The summed E-state index contributed by atoms with van der Waals surface area (Å²) >= 11 is 0. The molecule has 1 aromatic heterocycles. The lowest BCUT2D eigenvalue weighted by Gasteiger charge is -2.16. The first kappa shape index (κ1) is 13.4. The number of hydrogen-bond acceptors (Lipinski definition) is 5. The van der Waals surface area contributed by atoms with E-state index >= 15 is 0 Å². The van der Waals surface area contributed by atoms with Gasteiger partial charge in [0.15, 0.2) is 5.69 Å². The minimum atomic E-state index is -1.05. The van der Waals surface area contributed by atoms with Crippen LogP contribution in [0.2, 0.25) is 0 Å². The van der Waals surface area contributed by atoms with Gasteiger partial charge in [-0.3, -0.25) is 0 Å². The van der Waals surface area contributed by atoms with Crippen molar-refractivity contribution in [2.75, 3.05) is 26.0 Å². The molecule has 0 bridgehead atoms. The highest BCUT2D eigenvalue weighted by atomic mass is 16.4. The van der Waals surface area contributed by atoms with Crippen LogP contribution in [-0.2, 0) is 0 Å². The molecule has 1 heterocycles. The molecule has 6 nitrogen and oxygen atoms in total. The third-order valence-corrected chi connectivity index (χ3v) is 2.26. The van der Waals surface area contributed by atoms with E-state index in [4.69, 9.17) is 5.11 Å². The van der Waals surface area contributed by atoms with Gasteiger partial charge in [-0.2, -0.15) is 0 Å². The summed E-state index contributed by atoms with van der Waals surface area (Å²) in [5, 5.41) is 11.9. The average molecular weight is 238 g/mol. The molecule has 1 aromatic rings. The van der Waals surface area contributed by atoms with Crippen LogP contribution in [0.25, 0.3) is 0 Å². The third-order valence-electron chi connectivity index (χ3n) is 2.26.